The van der Waals surface area contributed by atoms with E-state index in [4.69, 9.17) is 23.7 Å². The third kappa shape index (κ3) is 7.23. The summed E-state index contributed by atoms with van der Waals surface area (Å²) in [6.07, 6.45) is 8.74. The number of fused-ring (bicyclic) bond motifs is 5. The summed E-state index contributed by atoms with van der Waals surface area (Å²) < 4.78 is 29.3. The van der Waals surface area contributed by atoms with E-state index in [1.165, 1.54) is 20.8 Å². The van der Waals surface area contributed by atoms with Crippen molar-refractivity contribution in [3.05, 3.63) is 65.7 Å². The van der Waals surface area contributed by atoms with Gasteiger partial charge in [0.2, 0.25) is 0 Å². The Balaban J connectivity index is 1.33. The van der Waals surface area contributed by atoms with Crippen molar-refractivity contribution in [2.75, 3.05) is 14.2 Å². The van der Waals surface area contributed by atoms with Gasteiger partial charge in [-0.05, 0) is 127 Å². The number of esters is 3. The van der Waals surface area contributed by atoms with Gasteiger partial charge in [-0.3, -0.25) is 14.4 Å². The van der Waals surface area contributed by atoms with Gasteiger partial charge in [0.15, 0.2) is 0 Å². The molecule has 52 heavy (non-hydrogen) atoms. The lowest BCUT2D eigenvalue weighted by Gasteiger charge is -2.64. The highest BCUT2D eigenvalue weighted by Crippen LogP contribution is 2.69. The molecule has 6 rings (SSSR count). The van der Waals surface area contributed by atoms with Crippen molar-refractivity contribution in [2.45, 2.75) is 111 Å². The highest BCUT2D eigenvalue weighted by atomic mass is 16.6. The molecule has 4 fully saturated rings. The molecule has 0 spiro atoms. The number of carbonyl (C=O) groups excluding carboxylic acids is 3. The van der Waals surface area contributed by atoms with E-state index in [0.29, 0.717) is 11.8 Å². The van der Waals surface area contributed by atoms with Gasteiger partial charge in [-0.2, -0.15) is 0 Å². The summed E-state index contributed by atoms with van der Waals surface area (Å²) in [6.45, 7) is 11.6. The Hall–Kier alpha value is -3.81. The lowest BCUT2D eigenvalue weighted by atomic mass is 9.43. The first kappa shape index (κ1) is 37.9. The molecule has 0 radical (unpaired) electrons. The summed E-state index contributed by atoms with van der Waals surface area (Å²) in [6, 6.07) is 16.4. The van der Waals surface area contributed by atoms with Gasteiger partial charge in [-0.15, -0.1) is 0 Å². The molecule has 11 atom stereocenters. The fraction of sp³-hybridized carbons (Fsp3) is 0.614. The summed E-state index contributed by atoms with van der Waals surface area (Å²) in [4.78, 5) is 37.4. The van der Waals surface area contributed by atoms with Crippen LogP contribution in [0.15, 0.2) is 54.6 Å². The second-order valence-electron chi connectivity index (χ2n) is 16.6. The summed E-state index contributed by atoms with van der Waals surface area (Å²) in [7, 11) is 3.36. The van der Waals surface area contributed by atoms with Crippen LogP contribution in [0.25, 0.3) is 5.57 Å². The van der Waals surface area contributed by atoms with E-state index in [-0.39, 0.29) is 70.7 Å². The van der Waals surface area contributed by atoms with Gasteiger partial charge in [0.1, 0.15) is 29.8 Å². The minimum Gasteiger partial charge on any atom is -0.497 e. The molecule has 8 heteroatoms. The molecule has 0 aliphatic heterocycles. The van der Waals surface area contributed by atoms with E-state index in [1.807, 2.05) is 24.3 Å². The van der Waals surface area contributed by atoms with Crippen molar-refractivity contribution in [2.24, 2.45) is 46.3 Å². The van der Waals surface area contributed by atoms with Crippen LogP contribution in [0.1, 0.15) is 104 Å². The van der Waals surface area contributed by atoms with E-state index in [9.17, 15) is 14.4 Å². The Morgan fingerprint density at radius 1 is 0.750 bits per heavy atom. The minimum atomic E-state index is -0.281. The molecule has 8 unspecified atom stereocenters. The number of allylic oxidation sites excluding steroid dienone is 1. The Morgan fingerprint density at radius 3 is 1.87 bits per heavy atom. The molecule has 8 nitrogen and oxygen atoms in total. The lowest BCUT2D eigenvalue weighted by molar-refractivity contribution is -0.224. The van der Waals surface area contributed by atoms with Crippen LogP contribution in [0.2, 0.25) is 0 Å². The van der Waals surface area contributed by atoms with Gasteiger partial charge in [-0.25, -0.2) is 0 Å². The maximum absolute atomic E-state index is 12.9. The molecule has 0 heterocycles. The second kappa shape index (κ2) is 15.3. The molecular weight excluding hydrogens is 656 g/mol. The number of benzene rings is 2. The molecule has 0 saturated heterocycles. The van der Waals surface area contributed by atoms with Crippen molar-refractivity contribution in [1.29, 1.82) is 0 Å². The first-order valence-corrected chi connectivity index (χ1v) is 19.3. The normalized spacial score (nSPS) is 34.0. The van der Waals surface area contributed by atoms with Gasteiger partial charge >= 0.3 is 17.9 Å². The summed E-state index contributed by atoms with van der Waals surface area (Å²) in [5.74, 6) is 2.38. The molecule has 282 valence electrons. The van der Waals surface area contributed by atoms with E-state index in [1.54, 1.807) is 14.2 Å². The highest BCUT2D eigenvalue weighted by molar-refractivity contribution is 5.80. The van der Waals surface area contributed by atoms with Gasteiger partial charge < -0.3 is 23.7 Å². The first-order chi connectivity index (χ1) is 24.8. The van der Waals surface area contributed by atoms with Gasteiger partial charge in [0, 0.05) is 32.1 Å². The number of methoxy groups -OCH3 is 2. The largest absolute Gasteiger partial charge is 0.497 e. The molecule has 2 aromatic rings. The number of hydrogen-bond acceptors (Lipinski definition) is 8. The Labute approximate surface area is 310 Å². The van der Waals surface area contributed by atoms with Gasteiger partial charge in [-0.1, -0.05) is 51.1 Å². The summed E-state index contributed by atoms with van der Waals surface area (Å²) >= 11 is 0. The molecule has 2 aromatic carbocycles. The maximum atomic E-state index is 12.9. The molecule has 4 aliphatic rings. The van der Waals surface area contributed by atoms with E-state index < -0.39 is 0 Å². The fourth-order valence-electron chi connectivity index (χ4n) is 11.5. The SMILES string of the molecule is COc1ccc(C(=CCC(C)C2CCC3[C@@H]4C(OC(C)=O)CC5CC(OC(C)=O)CC[C@]5(C)C4CC(OC(C)=O)[C@]23C)c2ccc(OC)cc2)cc1. The molecule has 0 N–H and O–H groups in total. The molecule has 0 amide bonds. The summed E-state index contributed by atoms with van der Waals surface area (Å²) in [5.41, 5.74) is 3.07. The molecule has 0 bridgehead atoms. The van der Waals surface area contributed by atoms with Crippen LogP contribution in [-0.2, 0) is 28.6 Å². The van der Waals surface area contributed by atoms with Crippen LogP contribution in [-0.4, -0.2) is 50.4 Å². The smallest absolute Gasteiger partial charge is 0.302 e. The molecule has 0 aromatic heterocycles. The highest BCUT2D eigenvalue weighted by Gasteiger charge is 2.67. The molecule has 4 aliphatic carbocycles. The average molecular weight is 715 g/mol. The zero-order valence-corrected chi connectivity index (χ0v) is 32.3. The zero-order chi connectivity index (χ0) is 37.4. The quantitative estimate of drug-likeness (QED) is 0.178. The second-order valence-corrected chi connectivity index (χ2v) is 16.6. The Bertz CT molecular complexity index is 1580. The van der Waals surface area contributed by atoms with Gasteiger partial charge in [0.25, 0.3) is 0 Å². The zero-order valence-electron chi connectivity index (χ0n) is 32.3. The van der Waals surface area contributed by atoms with Crippen molar-refractivity contribution in [3.8, 4) is 11.5 Å². The van der Waals surface area contributed by atoms with E-state index in [0.717, 1.165) is 79.6 Å². The number of rotatable bonds is 10. The van der Waals surface area contributed by atoms with Crippen molar-refractivity contribution < 1.29 is 38.1 Å². The number of hydrogen-bond donors (Lipinski definition) is 0. The monoisotopic (exact) mass is 714 g/mol. The standard InChI is InChI=1S/C44H58O8/c1-26(9-18-36(30-10-14-33(48-7)15-11-30)31-12-16-34(49-8)17-13-31)37-19-20-38-42-39(25-41(44(37,38)6)52-29(4)47)43(5)22-21-35(50-27(2)45)23-32(43)24-40(42)51-28(3)46/h10-18,26,32,35,37-42H,9,19-25H2,1-8H3/t26?,32?,35?,37?,38?,39?,40?,41?,42-,43-,44+/m0/s1. The first-order valence-electron chi connectivity index (χ1n) is 19.3. The van der Waals surface area contributed by atoms with Crippen molar-refractivity contribution >= 4 is 23.5 Å². The van der Waals surface area contributed by atoms with Crippen LogP contribution in [0.4, 0.5) is 0 Å². The van der Waals surface area contributed by atoms with Crippen LogP contribution in [0, 0.1) is 46.3 Å². The number of ether oxygens (including phenoxy) is 5. The van der Waals surface area contributed by atoms with Crippen molar-refractivity contribution in [3.63, 3.8) is 0 Å². The topological polar surface area (TPSA) is 97.4 Å². The molecule has 4 saturated carbocycles. The van der Waals surface area contributed by atoms with E-state index in [2.05, 4.69) is 51.1 Å². The Morgan fingerprint density at radius 2 is 1.33 bits per heavy atom. The van der Waals surface area contributed by atoms with Crippen molar-refractivity contribution in [1.82, 2.24) is 0 Å². The predicted molar refractivity (Wildman–Crippen MR) is 199 cm³/mol. The number of carbonyl (C=O) groups is 3. The van der Waals surface area contributed by atoms with Crippen LogP contribution < -0.4 is 9.47 Å². The average Bonchev–Trinajstić information content (AvgIpc) is 3.47. The van der Waals surface area contributed by atoms with E-state index >= 15 is 0 Å². The third-order valence-electron chi connectivity index (χ3n) is 13.9. The van der Waals surface area contributed by atoms with Crippen LogP contribution >= 0.6 is 0 Å². The predicted octanol–water partition coefficient (Wildman–Crippen LogP) is 8.84. The minimum absolute atomic E-state index is 0.0320. The van der Waals surface area contributed by atoms with Gasteiger partial charge in [0.05, 0.1) is 14.2 Å². The Kier molecular flexibility index (Phi) is 11.1. The third-order valence-corrected chi connectivity index (χ3v) is 13.9. The fourth-order valence-corrected chi connectivity index (χ4v) is 11.5. The van der Waals surface area contributed by atoms with Crippen LogP contribution in [0.3, 0.4) is 0 Å². The van der Waals surface area contributed by atoms with Crippen LogP contribution in [0.5, 0.6) is 11.5 Å². The maximum Gasteiger partial charge on any atom is 0.302 e. The lowest BCUT2D eigenvalue weighted by Crippen LogP contribution is -2.63. The molecular formula is C44H58O8. The summed E-state index contributed by atoms with van der Waals surface area (Å²) in [5, 5.41) is 0.